The lowest BCUT2D eigenvalue weighted by Crippen LogP contribution is -2.42. The molecule has 0 spiro atoms. The number of carbonyl (C=O) groups is 1. The molecule has 1 fully saturated rings. The number of rotatable bonds is 3. The first-order valence-corrected chi connectivity index (χ1v) is 7.57. The van der Waals surface area contributed by atoms with Crippen LogP contribution in [0, 0.1) is 0 Å². The van der Waals surface area contributed by atoms with Gasteiger partial charge in [0.2, 0.25) is 5.82 Å². The van der Waals surface area contributed by atoms with E-state index in [1.165, 1.54) is 19.5 Å². The molecule has 7 heteroatoms. The van der Waals surface area contributed by atoms with Gasteiger partial charge in [-0.3, -0.25) is 4.79 Å². The Morgan fingerprint density at radius 3 is 2.87 bits per heavy atom. The van der Waals surface area contributed by atoms with Crippen LogP contribution in [-0.2, 0) is 4.74 Å². The molecule has 0 aliphatic carbocycles. The zero-order chi connectivity index (χ0) is 16.2. The normalized spacial score (nSPS) is 17.8. The van der Waals surface area contributed by atoms with Crippen LogP contribution in [0.2, 0.25) is 5.02 Å². The zero-order valence-corrected chi connectivity index (χ0v) is 13.4. The van der Waals surface area contributed by atoms with Crippen LogP contribution in [0.4, 0.5) is 0 Å². The third kappa shape index (κ3) is 3.60. The molecule has 1 aromatic heterocycles. The molecule has 1 unspecified atom stereocenters. The van der Waals surface area contributed by atoms with E-state index in [0.29, 0.717) is 30.5 Å². The van der Waals surface area contributed by atoms with Crippen molar-refractivity contribution < 1.29 is 14.3 Å². The molecule has 0 bridgehead atoms. The number of carbonyl (C=O) groups excluding carboxylic acids is 1. The maximum Gasteiger partial charge on any atom is 0.291 e. The first kappa shape index (κ1) is 15.7. The fourth-order valence-electron chi connectivity index (χ4n) is 2.42. The van der Waals surface area contributed by atoms with Crippen LogP contribution in [0.1, 0.15) is 22.3 Å². The highest BCUT2D eigenvalue weighted by molar-refractivity contribution is 6.30. The molecule has 120 valence electrons. The number of ether oxygens (including phenoxy) is 2. The number of hydrogen-bond donors (Lipinski definition) is 0. The standard InChI is InChI=1S/C16H16ClN3O3/c1-22-13-8-18-15(19-9-13)16(21)20-5-6-23-14(10-20)11-3-2-4-12(17)7-11/h2-4,7-9,14H,5-6,10H2,1H3. The summed E-state index contributed by atoms with van der Waals surface area (Å²) in [5, 5.41) is 0.646. The predicted octanol–water partition coefficient (Wildman–Crippen LogP) is 2.35. The lowest BCUT2D eigenvalue weighted by atomic mass is 10.1. The van der Waals surface area contributed by atoms with E-state index in [1.54, 1.807) is 4.90 Å². The summed E-state index contributed by atoms with van der Waals surface area (Å²) < 4.78 is 10.8. The number of nitrogens with zero attached hydrogens (tertiary/aromatic N) is 3. The topological polar surface area (TPSA) is 64.5 Å². The molecule has 1 atom stereocenters. The summed E-state index contributed by atoms with van der Waals surface area (Å²) in [6.45, 7) is 1.40. The van der Waals surface area contributed by atoms with Gasteiger partial charge in [0.25, 0.3) is 5.91 Å². The molecule has 1 aromatic carbocycles. The van der Waals surface area contributed by atoms with Crippen LogP contribution in [0.5, 0.6) is 5.75 Å². The van der Waals surface area contributed by atoms with Crippen LogP contribution >= 0.6 is 11.6 Å². The van der Waals surface area contributed by atoms with Crippen molar-refractivity contribution in [2.45, 2.75) is 6.10 Å². The summed E-state index contributed by atoms with van der Waals surface area (Å²) in [5.41, 5.74) is 0.950. The fourth-order valence-corrected chi connectivity index (χ4v) is 2.61. The molecule has 2 heterocycles. The summed E-state index contributed by atoms with van der Waals surface area (Å²) in [6, 6.07) is 7.47. The van der Waals surface area contributed by atoms with Gasteiger partial charge in [0.05, 0.1) is 32.7 Å². The van der Waals surface area contributed by atoms with Crippen LogP contribution in [0.25, 0.3) is 0 Å². The second kappa shape index (κ2) is 6.93. The highest BCUT2D eigenvalue weighted by Gasteiger charge is 2.27. The molecule has 1 amide bonds. The summed E-state index contributed by atoms with van der Waals surface area (Å²) in [5.74, 6) is 0.445. The van der Waals surface area contributed by atoms with E-state index >= 15 is 0 Å². The Hall–Kier alpha value is -2.18. The summed E-state index contributed by atoms with van der Waals surface area (Å²) in [7, 11) is 1.53. The van der Waals surface area contributed by atoms with Crippen molar-refractivity contribution in [2.75, 3.05) is 26.8 Å². The first-order valence-electron chi connectivity index (χ1n) is 7.20. The number of morpholine rings is 1. The molecule has 0 radical (unpaired) electrons. The molecule has 3 rings (SSSR count). The van der Waals surface area contributed by atoms with Gasteiger partial charge in [-0.1, -0.05) is 23.7 Å². The molecule has 0 saturated carbocycles. The SMILES string of the molecule is COc1cnc(C(=O)N2CCOC(c3cccc(Cl)c3)C2)nc1. The Balaban J connectivity index is 1.73. The van der Waals surface area contributed by atoms with Crippen molar-refractivity contribution in [3.05, 3.63) is 53.1 Å². The Morgan fingerprint density at radius 1 is 1.39 bits per heavy atom. The van der Waals surface area contributed by atoms with Crippen LogP contribution in [0.3, 0.4) is 0 Å². The van der Waals surface area contributed by atoms with Gasteiger partial charge in [-0.15, -0.1) is 0 Å². The molecule has 0 N–H and O–H groups in total. The summed E-state index contributed by atoms with van der Waals surface area (Å²) >= 11 is 6.02. The van der Waals surface area contributed by atoms with Gasteiger partial charge in [-0.05, 0) is 17.7 Å². The van der Waals surface area contributed by atoms with Crippen molar-refractivity contribution in [1.29, 1.82) is 0 Å². The molecule has 2 aromatic rings. The summed E-state index contributed by atoms with van der Waals surface area (Å²) in [4.78, 5) is 22.3. The zero-order valence-electron chi connectivity index (χ0n) is 12.6. The van der Waals surface area contributed by atoms with Gasteiger partial charge in [0.1, 0.15) is 6.10 Å². The lowest BCUT2D eigenvalue weighted by molar-refractivity contribution is -0.0232. The number of methoxy groups -OCH3 is 1. The Morgan fingerprint density at radius 2 is 2.17 bits per heavy atom. The largest absolute Gasteiger partial charge is 0.494 e. The summed E-state index contributed by atoms with van der Waals surface area (Å²) in [6.07, 6.45) is 2.76. The van der Waals surface area contributed by atoms with E-state index in [2.05, 4.69) is 9.97 Å². The van der Waals surface area contributed by atoms with Crippen molar-refractivity contribution in [3.63, 3.8) is 0 Å². The van der Waals surface area contributed by atoms with E-state index in [0.717, 1.165) is 5.56 Å². The fraction of sp³-hybridized carbons (Fsp3) is 0.312. The number of hydrogen-bond acceptors (Lipinski definition) is 5. The second-order valence-corrected chi connectivity index (χ2v) is 5.55. The lowest BCUT2D eigenvalue weighted by Gasteiger charge is -2.32. The number of aromatic nitrogens is 2. The van der Waals surface area contributed by atoms with Gasteiger partial charge in [0, 0.05) is 11.6 Å². The van der Waals surface area contributed by atoms with Crippen molar-refractivity contribution >= 4 is 17.5 Å². The molecule has 1 saturated heterocycles. The van der Waals surface area contributed by atoms with E-state index in [4.69, 9.17) is 21.1 Å². The van der Waals surface area contributed by atoms with Crippen molar-refractivity contribution in [1.82, 2.24) is 14.9 Å². The van der Waals surface area contributed by atoms with Gasteiger partial charge in [-0.25, -0.2) is 9.97 Å². The van der Waals surface area contributed by atoms with Crippen LogP contribution in [0.15, 0.2) is 36.7 Å². The van der Waals surface area contributed by atoms with Gasteiger partial charge in [0.15, 0.2) is 5.75 Å². The number of amides is 1. The predicted molar refractivity (Wildman–Crippen MR) is 84.6 cm³/mol. The average molecular weight is 334 g/mol. The third-order valence-electron chi connectivity index (χ3n) is 3.63. The smallest absolute Gasteiger partial charge is 0.291 e. The van der Waals surface area contributed by atoms with Crippen molar-refractivity contribution in [3.8, 4) is 5.75 Å². The Labute approximate surface area is 139 Å². The maximum absolute atomic E-state index is 12.5. The molecule has 1 aliphatic heterocycles. The highest BCUT2D eigenvalue weighted by atomic mass is 35.5. The molecular weight excluding hydrogens is 318 g/mol. The quantitative estimate of drug-likeness (QED) is 0.862. The Kier molecular flexibility index (Phi) is 4.73. The van der Waals surface area contributed by atoms with Crippen LogP contribution in [-0.4, -0.2) is 47.6 Å². The highest BCUT2D eigenvalue weighted by Crippen LogP contribution is 2.25. The van der Waals surface area contributed by atoms with E-state index in [9.17, 15) is 4.79 Å². The van der Waals surface area contributed by atoms with Gasteiger partial charge in [-0.2, -0.15) is 0 Å². The van der Waals surface area contributed by atoms with E-state index in [-0.39, 0.29) is 17.8 Å². The monoisotopic (exact) mass is 333 g/mol. The number of halogens is 1. The van der Waals surface area contributed by atoms with Gasteiger partial charge >= 0.3 is 0 Å². The average Bonchev–Trinajstić information content (AvgIpc) is 2.61. The minimum Gasteiger partial charge on any atom is -0.494 e. The Bertz CT molecular complexity index is 693. The number of benzene rings is 1. The molecule has 1 aliphatic rings. The molecular formula is C16H16ClN3O3. The van der Waals surface area contributed by atoms with Gasteiger partial charge < -0.3 is 14.4 Å². The second-order valence-electron chi connectivity index (χ2n) is 5.11. The van der Waals surface area contributed by atoms with E-state index in [1.807, 2.05) is 24.3 Å². The molecule has 6 nitrogen and oxygen atoms in total. The van der Waals surface area contributed by atoms with Crippen molar-refractivity contribution in [2.24, 2.45) is 0 Å². The third-order valence-corrected chi connectivity index (χ3v) is 3.86. The minimum atomic E-state index is -0.219. The van der Waals surface area contributed by atoms with Crippen LogP contribution < -0.4 is 4.74 Å². The minimum absolute atomic E-state index is 0.151. The molecule has 23 heavy (non-hydrogen) atoms. The maximum atomic E-state index is 12.5. The van der Waals surface area contributed by atoms with E-state index < -0.39 is 0 Å². The first-order chi connectivity index (χ1) is 11.2.